The first-order valence-corrected chi connectivity index (χ1v) is 11.1. The summed E-state index contributed by atoms with van der Waals surface area (Å²) < 4.78 is 35.3. The molecule has 2 heterocycles. The second-order valence-corrected chi connectivity index (χ2v) is 9.11. The lowest BCUT2D eigenvalue weighted by Crippen LogP contribution is -2.38. The van der Waals surface area contributed by atoms with E-state index in [0.29, 0.717) is 50.7 Å². The third-order valence-corrected chi connectivity index (χ3v) is 7.21. The molecule has 154 valence electrons. The zero-order valence-corrected chi connectivity index (χ0v) is 17.6. The topological polar surface area (TPSA) is 86.4 Å². The predicted molar refractivity (Wildman–Crippen MR) is 106 cm³/mol. The Labute approximate surface area is 169 Å². The number of hydrogen-bond donors (Lipinski definition) is 0. The van der Waals surface area contributed by atoms with Crippen molar-refractivity contribution in [1.29, 1.82) is 0 Å². The van der Waals surface area contributed by atoms with Crippen LogP contribution in [0.25, 0.3) is 0 Å². The Morgan fingerprint density at radius 1 is 1.21 bits per heavy atom. The fourth-order valence-corrected chi connectivity index (χ4v) is 5.09. The van der Waals surface area contributed by atoms with Crippen molar-refractivity contribution in [3.05, 3.63) is 45.6 Å². The first-order chi connectivity index (χ1) is 13.4. The van der Waals surface area contributed by atoms with Crippen LogP contribution in [0.2, 0.25) is 5.02 Å². The van der Waals surface area contributed by atoms with Crippen LogP contribution in [0, 0.1) is 0 Å². The molecule has 1 aromatic carbocycles. The van der Waals surface area contributed by atoms with E-state index in [1.165, 1.54) is 21.1 Å². The molecule has 1 fully saturated rings. The summed E-state index contributed by atoms with van der Waals surface area (Å²) in [6, 6.07) is 6.20. The summed E-state index contributed by atoms with van der Waals surface area (Å²) >= 11 is 5.86. The van der Waals surface area contributed by atoms with E-state index in [1.807, 2.05) is 6.92 Å². The van der Waals surface area contributed by atoms with E-state index >= 15 is 0 Å². The van der Waals surface area contributed by atoms with Crippen LogP contribution in [-0.2, 0) is 27.8 Å². The molecule has 1 saturated heterocycles. The van der Waals surface area contributed by atoms with Gasteiger partial charge < -0.3 is 4.74 Å². The first kappa shape index (κ1) is 21.0. The molecule has 2 aromatic rings. The van der Waals surface area contributed by atoms with Gasteiger partial charge in [-0.1, -0.05) is 11.6 Å². The van der Waals surface area contributed by atoms with Crippen LogP contribution < -0.4 is 5.69 Å². The summed E-state index contributed by atoms with van der Waals surface area (Å²) in [6.07, 6.45) is 1.24. The standard InChI is InChI=1S/C18H25ClN4O4S/c1-3-22-17(20-23(18(22)24)12-13-27-2)14-8-10-21(11-9-14)28(25,26)16-6-4-15(19)5-7-16/h4-7,14H,3,8-13H2,1-2H3. The van der Waals surface area contributed by atoms with Crippen molar-refractivity contribution in [2.75, 3.05) is 26.8 Å². The second kappa shape index (κ2) is 8.77. The van der Waals surface area contributed by atoms with E-state index in [2.05, 4.69) is 5.10 Å². The zero-order chi connectivity index (χ0) is 20.3. The lowest BCUT2D eigenvalue weighted by molar-refractivity contribution is 0.182. The van der Waals surface area contributed by atoms with E-state index < -0.39 is 10.0 Å². The quantitative estimate of drug-likeness (QED) is 0.672. The molecule has 1 aliphatic rings. The highest BCUT2D eigenvalue weighted by Gasteiger charge is 2.32. The third-order valence-electron chi connectivity index (χ3n) is 5.05. The summed E-state index contributed by atoms with van der Waals surface area (Å²) in [6.45, 7) is 4.03. The van der Waals surface area contributed by atoms with E-state index in [-0.39, 0.29) is 16.5 Å². The van der Waals surface area contributed by atoms with Gasteiger partial charge in [0.15, 0.2) is 0 Å². The number of halogens is 1. The molecular formula is C18H25ClN4O4S. The van der Waals surface area contributed by atoms with Gasteiger partial charge in [0.05, 0.1) is 18.0 Å². The van der Waals surface area contributed by atoms with Crippen molar-refractivity contribution < 1.29 is 13.2 Å². The third kappa shape index (κ3) is 4.17. The fourth-order valence-electron chi connectivity index (χ4n) is 3.49. The van der Waals surface area contributed by atoms with Crippen molar-refractivity contribution in [3.8, 4) is 0 Å². The van der Waals surface area contributed by atoms with Crippen LogP contribution in [0.1, 0.15) is 31.5 Å². The van der Waals surface area contributed by atoms with E-state index in [0.717, 1.165) is 5.82 Å². The Morgan fingerprint density at radius 2 is 1.86 bits per heavy atom. The van der Waals surface area contributed by atoms with Gasteiger partial charge in [0.2, 0.25) is 10.0 Å². The molecular weight excluding hydrogens is 404 g/mol. The van der Waals surface area contributed by atoms with Gasteiger partial charge in [-0.25, -0.2) is 17.9 Å². The highest BCUT2D eigenvalue weighted by molar-refractivity contribution is 7.89. The predicted octanol–water partition coefficient (Wildman–Crippen LogP) is 1.93. The average Bonchev–Trinajstić information content (AvgIpc) is 3.02. The number of sulfonamides is 1. The monoisotopic (exact) mass is 428 g/mol. The van der Waals surface area contributed by atoms with Crippen molar-refractivity contribution in [2.24, 2.45) is 0 Å². The van der Waals surface area contributed by atoms with Gasteiger partial charge in [-0.05, 0) is 44.0 Å². The molecule has 0 radical (unpaired) electrons. The molecule has 10 heteroatoms. The van der Waals surface area contributed by atoms with Crippen LogP contribution in [-0.4, -0.2) is 53.9 Å². The molecule has 8 nitrogen and oxygen atoms in total. The lowest BCUT2D eigenvalue weighted by atomic mass is 9.97. The fraction of sp³-hybridized carbons (Fsp3) is 0.556. The zero-order valence-electron chi connectivity index (χ0n) is 16.0. The van der Waals surface area contributed by atoms with E-state index in [9.17, 15) is 13.2 Å². The number of nitrogens with zero attached hydrogens (tertiary/aromatic N) is 4. The van der Waals surface area contributed by atoms with Gasteiger partial charge in [0.25, 0.3) is 0 Å². The number of benzene rings is 1. The molecule has 0 N–H and O–H groups in total. The van der Waals surface area contributed by atoms with E-state index in [1.54, 1.807) is 23.8 Å². The normalized spacial score (nSPS) is 16.5. The van der Waals surface area contributed by atoms with Gasteiger partial charge >= 0.3 is 5.69 Å². The number of hydrogen-bond acceptors (Lipinski definition) is 5. The van der Waals surface area contributed by atoms with Crippen molar-refractivity contribution in [3.63, 3.8) is 0 Å². The number of piperidine rings is 1. The summed E-state index contributed by atoms with van der Waals surface area (Å²) in [5.74, 6) is 0.778. The molecule has 1 aromatic heterocycles. The minimum Gasteiger partial charge on any atom is -0.383 e. The summed E-state index contributed by atoms with van der Waals surface area (Å²) in [7, 11) is -1.97. The van der Waals surface area contributed by atoms with Crippen molar-refractivity contribution >= 4 is 21.6 Å². The van der Waals surface area contributed by atoms with Gasteiger partial charge in [-0.3, -0.25) is 4.57 Å². The Hall–Kier alpha value is -1.68. The smallest absolute Gasteiger partial charge is 0.345 e. The number of rotatable bonds is 7. The highest BCUT2D eigenvalue weighted by atomic mass is 35.5. The number of methoxy groups -OCH3 is 1. The molecule has 0 saturated carbocycles. The van der Waals surface area contributed by atoms with Crippen molar-refractivity contribution in [1.82, 2.24) is 18.7 Å². The maximum Gasteiger partial charge on any atom is 0.345 e. The van der Waals surface area contributed by atoms with Crippen LogP contribution >= 0.6 is 11.6 Å². The second-order valence-electron chi connectivity index (χ2n) is 6.73. The molecule has 0 bridgehead atoms. The molecule has 0 atom stereocenters. The van der Waals surface area contributed by atoms with Gasteiger partial charge in [-0.2, -0.15) is 9.40 Å². The number of aromatic nitrogens is 3. The van der Waals surface area contributed by atoms with Crippen LogP contribution in [0.5, 0.6) is 0 Å². The van der Waals surface area contributed by atoms with Gasteiger partial charge in [0.1, 0.15) is 5.82 Å². The minimum atomic E-state index is -3.55. The first-order valence-electron chi connectivity index (χ1n) is 9.30. The molecule has 0 spiro atoms. The maximum absolute atomic E-state index is 12.8. The Kier molecular flexibility index (Phi) is 6.59. The summed E-state index contributed by atoms with van der Waals surface area (Å²) in [4.78, 5) is 12.7. The van der Waals surface area contributed by atoms with E-state index in [4.69, 9.17) is 16.3 Å². The summed E-state index contributed by atoms with van der Waals surface area (Å²) in [5, 5.41) is 5.00. The highest BCUT2D eigenvalue weighted by Crippen LogP contribution is 2.29. The molecule has 0 amide bonds. The van der Waals surface area contributed by atoms with Gasteiger partial charge in [0, 0.05) is 37.7 Å². The SMILES string of the molecule is CCn1c(C2CCN(S(=O)(=O)c3ccc(Cl)cc3)CC2)nn(CCOC)c1=O. The lowest BCUT2D eigenvalue weighted by Gasteiger charge is -2.30. The Morgan fingerprint density at radius 3 is 2.43 bits per heavy atom. The molecule has 28 heavy (non-hydrogen) atoms. The number of ether oxygens (including phenoxy) is 1. The summed E-state index contributed by atoms with van der Waals surface area (Å²) in [5.41, 5.74) is -0.147. The Bertz CT molecular complexity index is 960. The maximum atomic E-state index is 12.8. The average molecular weight is 429 g/mol. The molecule has 0 unspecified atom stereocenters. The molecule has 1 aliphatic heterocycles. The van der Waals surface area contributed by atoms with Crippen LogP contribution in [0.3, 0.4) is 0 Å². The van der Waals surface area contributed by atoms with Crippen LogP contribution in [0.15, 0.2) is 34.0 Å². The van der Waals surface area contributed by atoms with Crippen molar-refractivity contribution in [2.45, 2.75) is 43.7 Å². The minimum absolute atomic E-state index is 0.0492. The Balaban J connectivity index is 1.75. The molecule has 3 rings (SSSR count). The van der Waals surface area contributed by atoms with Crippen LogP contribution in [0.4, 0.5) is 0 Å². The largest absolute Gasteiger partial charge is 0.383 e. The molecule has 0 aliphatic carbocycles. The van der Waals surface area contributed by atoms with Gasteiger partial charge in [-0.15, -0.1) is 0 Å².